The maximum Gasteiger partial charge on any atom is 0.255 e. The van der Waals surface area contributed by atoms with E-state index in [1.165, 1.54) is 6.33 Å². The fraction of sp³-hybridized carbons (Fsp3) is 0.818. The lowest BCUT2D eigenvalue weighted by Gasteiger charge is -2.04. The molecule has 0 aliphatic heterocycles. The molecule has 102 valence electrons. The normalized spacial score (nSPS) is 16.1. The summed E-state index contributed by atoms with van der Waals surface area (Å²) in [6.07, 6.45) is 4.86. The Morgan fingerprint density at radius 1 is 1.44 bits per heavy atom. The van der Waals surface area contributed by atoms with Gasteiger partial charge in [0.1, 0.15) is 6.33 Å². The first-order chi connectivity index (χ1) is 8.63. The fourth-order valence-corrected chi connectivity index (χ4v) is 2.68. The van der Waals surface area contributed by atoms with E-state index < -0.39 is 10.0 Å². The molecule has 0 N–H and O–H groups in total. The SMILES string of the molecule is CCCOCCCS(=O)(=O)n1cnc(C2CC2)n1. The van der Waals surface area contributed by atoms with Crippen LogP contribution in [0.4, 0.5) is 0 Å². The second-order valence-electron chi connectivity index (χ2n) is 4.53. The third kappa shape index (κ3) is 3.52. The van der Waals surface area contributed by atoms with Gasteiger partial charge in [-0.05, 0) is 25.7 Å². The van der Waals surface area contributed by atoms with Gasteiger partial charge in [0, 0.05) is 19.1 Å². The van der Waals surface area contributed by atoms with Crippen molar-refractivity contribution in [2.45, 2.75) is 38.5 Å². The first-order valence-electron chi connectivity index (χ1n) is 6.36. The van der Waals surface area contributed by atoms with Gasteiger partial charge in [0.15, 0.2) is 5.82 Å². The van der Waals surface area contributed by atoms with Crippen LogP contribution in [0, 0.1) is 0 Å². The molecule has 1 heterocycles. The van der Waals surface area contributed by atoms with Gasteiger partial charge in [0.05, 0.1) is 5.75 Å². The first kappa shape index (κ1) is 13.5. The molecule has 0 radical (unpaired) electrons. The van der Waals surface area contributed by atoms with Gasteiger partial charge in [-0.25, -0.2) is 13.4 Å². The molecule has 2 rings (SSSR count). The number of ether oxygens (including phenoxy) is 1. The standard InChI is InChI=1S/C11H19N3O3S/c1-2-6-17-7-3-8-18(15,16)14-9-12-11(13-14)10-4-5-10/h9-10H,2-8H2,1H3. The monoisotopic (exact) mass is 273 g/mol. The first-order valence-corrected chi connectivity index (χ1v) is 7.97. The van der Waals surface area contributed by atoms with Crippen molar-refractivity contribution in [3.8, 4) is 0 Å². The molecule has 1 aliphatic carbocycles. The van der Waals surface area contributed by atoms with Gasteiger partial charge in [-0.15, -0.1) is 9.19 Å². The van der Waals surface area contributed by atoms with Gasteiger partial charge in [-0.2, -0.15) is 0 Å². The molecule has 0 amide bonds. The van der Waals surface area contributed by atoms with Crippen molar-refractivity contribution in [1.82, 2.24) is 14.2 Å². The second-order valence-corrected chi connectivity index (χ2v) is 6.48. The third-order valence-corrected chi connectivity index (χ3v) is 4.31. The van der Waals surface area contributed by atoms with E-state index in [9.17, 15) is 8.42 Å². The van der Waals surface area contributed by atoms with Crippen molar-refractivity contribution < 1.29 is 13.2 Å². The molecule has 6 nitrogen and oxygen atoms in total. The van der Waals surface area contributed by atoms with Gasteiger partial charge < -0.3 is 4.74 Å². The molecule has 0 atom stereocenters. The smallest absolute Gasteiger partial charge is 0.255 e. The quantitative estimate of drug-likeness (QED) is 0.664. The summed E-state index contributed by atoms with van der Waals surface area (Å²) >= 11 is 0. The van der Waals surface area contributed by atoms with Crippen molar-refractivity contribution >= 4 is 10.0 Å². The molecule has 1 saturated carbocycles. The highest BCUT2D eigenvalue weighted by molar-refractivity contribution is 7.89. The van der Waals surface area contributed by atoms with E-state index in [0.717, 1.165) is 23.3 Å². The molecule has 0 bridgehead atoms. The molecule has 1 aromatic heterocycles. The maximum atomic E-state index is 11.9. The Labute approximate surface area is 107 Å². The minimum absolute atomic E-state index is 0.0458. The lowest BCUT2D eigenvalue weighted by atomic mass is 10.4. The second kappa shape index (κ2) is 5.79. The average Bonchev–Trinajstić information content (AvgIpc) is 3.06. The third-order valence-electron chi connectivity index (χ3n) is 2.76. The van der Waals surface area contributed by atoms with Crippen LogP contribution in [0.5, 0.6) is 0 Å². The molecule has 1 fully saturated rings. The van der Waals surface area contributed by atoms with Gasteiger partial charge >= 0.3 is 0 Å². The molecular formula is C11H19N3O3S. The van der Waals surface area contributed by atoms with Gasteiger partial charge in [-0.3, -0.25) is 0 Å². The minimum Gasteiger partial charge on any atom is -0.381 e. The Morgan fingerprint density at radius 3 is 2.89 bits per heavy atom. The van der Waals surface area contributed by atoms with Crippen LogP contribution in [0.2, 0.25) is 0 Å². The number of hydrogen-bond acceptors (Lipinski definition) is 5. The summed E-state index contributed by atoms with van der Waals surface area (Å²) in [4.78, 5) is 4.04. The van der Waals surface area contributed by atoms with Crippen LogP contribution >= 0.6 is 0 Å². The lowest BCUT2D eigenvalue weighted by Crippen LogP contribution is -2.18. The molecule has 0 saturated heterocycles. The summed E-state index contributed by atoms with van der Waals surface area (Å²) < 4.78 is 30.1. The van der Waals surface area contributed by atoms with Crippen LogP contribution in [0.3, 0.4) is 0 Å². The van der Waals surface area contributed by atoms with Crippen molar-refractivity contribution in [3.05, 3.63) is 12.2 Å². The van der Waals surface area contributed by atoms with E-state index in [0.29, 0.717) is 31.4 Å². The topological polar surface area (TPSA) is 74.1 Å². The lowest BCUT2D eigenvalue weighted by molar-refractivity contribution is 0.136. The molecule has 0 unspecified atom stereocenters. The van der Waals surface area contributed by atoms with Gasteiger partial charge in [0.2, 0.25) is 0 Å². The van der Waals surface area contributed by atoms with E-state index in [1.807, 2.05) is 6.92 Å². The van der Waals surface area contributed by atoms with Crippen molar-refractivity contribution in [1.29, 1.82) is 0 Å². The van der Waals surface area contributed by atoms with Crippen LogP contribution in [0.15, 0.2) is 6.33 Å². The number of rotatable bonds is 8. The zero-order valence-electron chi connectivity index (χ0n) is 10.6. The minimum atomic E-state index is -3.37. The summed E-state index contributed by atoms with van der Waals surface area (Å²) in [6, 6.07) is 0. The molecule has 7 heteroatoms. The number of hydrogen-bond donors (Lipinski definition) is 0. The van der Waals surface area contributed by atoms with Gasteiger partial charge in [-0.1, -0.05) is 6.92 Å². The van der Waals surface area contributed by atoms with Crippen molar-refractivity contribution in [2.24, 2.45) is 0 Å². The van der Waals surface area contributed by atoms with Crippen LogP contribution < -0.4 is 0 Å². The van der Waals surface area contributed by atoms with Gasteiger partial charge in [0.25, 0.3) is 10.0 Å². The molecular weight excluding hydrogens is 254 g/mol. The number of aromatic nitrogens is 3. The van der Waals surface area contributed by atoms with E-state index in [1.54, 1.807) is 0 Å². The van der Waals surface area contributed by atoms with Crippen LogP contribution in [-0.2, 0) is 14.8 Å². The van der Waals surface area contributed by atoms with E-state index >= 15 is 0 Å². The zero-order chi connectivity index (χ0) is 13.0. The Morgan fingerprint density at radius 2 is 2.22 bits per heavy atom. The summed E-state index contributed by atoms with van der Waals surface area (Å²) in [7, 11) is -3.37. The van der Waals surface area contributed by atoms with E-state index in [4.69, 9.17) is 4.74 Å². The number of nitrogens with zero attached hydrogens (tertiary/aromatic N) is 3. The largest absolute Gasteiger partial charge is 0.381 e. The van der Waals surface area contributed by atoms with E-state index in [-0.39, 0.29) is 5.75 Å². The predicted molar refractivity (Wildman–Crippen MR) is 66.9 cm³/mol. The Hall–Kier alpha value is -0.950. The summed E-state index contributed by atoms with van der Waals surface area (Å²) in [6.45, 7) is 3.16. The average molecular weight is 273 g/mol. The molecule has 18 heavy (non-hydrogen) atoms. The predicted octanol–water partition coefficient (Wildman–Crippen LogP) is 1.15. The summed E-state index contributed by atoms with van der Waals surface area (Å²) in [5.41, 5.74) is 0. The van der Waals surface area contributed by atoms with Crippen LogP contribution in [0.25, 0.3) is 0 Å². The Kier molecular flexibility index (Phi) is 4.34. The molecule has 1 aromatic rings. The van der Waals surface area contributed by atoms with Crippen molar-refractivity contribution in [3.63, 3.8) is 0 Å². The van der Waals surface area contributed by atoms with Crippen LogP contribution in [-0.4, -0.2) is 41.6 Å². The van der Waals surface area contributed by atoms with E-state index in [2.05, 4.69) is 10.1 Å². The van der Waals surface area contributed by atoms with Crippen LogP contribution in [0.1, 0.15) is 44.3 Å². The Balaban J connectivity index is 1.84. The molecule has 1 aliphatic rings. The highest BCUT2D eigenvalue weighted by Crippen LogP contribution is 2.37. The highest BCUT2D eigenvalue weighted by atomic mass is 32.2. The fourth-order valence-electron chi connectivity index (χ4n) is 1.61. The highest BCUT2D eigenvalue weighted by Gasteiger charge is 2.28. The molecule has 0 aromatic carbocycles. The summed E-state index contributed by atoms with van der Waals surface area (Å²) in [5, 5.41) is 4.04. The molecule has 0 spiro atoms. The maximum absolute atomic E-state index is 11.9. The summed E-state index contributed by atoms with van der Waals surface area (Å²) in [5.74, 6) is 1.07. The Bertz CT molecular complexity index is 479. The zero-order valence-corrected chi connectivity index (χ0v) is 11.4. The van der Waals surface area contributed by atoms with Crippen molar-refractivity contribution in [2.75, 3.05) is 19.0 Å².